The van der Waals surface area contributed by atoms with Gasteiger partial charge in [0.2, 0.25) is 0 Å². The molecule has 0 aliphatic rings. The predicted molar refractivity (Wildman–Crippen MR) is 77.3 cm³/mol. The summed E-state index contributed by atoms with van der Waals surface area (Å²) in [6.07, 6.45) is 0. The van der Waals surface area contributed by atoms with Gasteiger partial charge in [-0.15, -0.1) is 23.7 Å². The van der Waals surface area contributed by atoms with Crippen LogP contribution in [0.5, 0.6) is 11.5 Å². The van der Waals surface area contributed by atoms with E-state index >= 15 is 0 Å². The average Bonchev–Trinajstić information content (AvgIpc) is 2.85. The third-order valence-corrected chi connectivity index (χ3v) is 3.77. The smallest absolute Gasteiger partial charge is 0.143 e. The van der Waals surface area contributed by atoms with Crippen molar-refractivity contribution in [1.29, 1.82) is 0 Å². The second-order valence-electron chi connectivity index (χ2n) is 3.51. The van der Waals surface area contributed by atoms with Gasteiger partial charge in [0, 0.05) is 4.88 Å². The van der Waals surface area contributed by atoms with Crippen LogP contribution in [0, 0.1) is 0 Å². The van der Waals surface area contributed by atoms with Gasteiger partial charge in [-0.3, -0.25) is 0 Å². The molecule has 0 unspecified atom stereocenters. The van der Waals surface area contributed by atoms with E-state index in [0.29, 0.717) is 11.3 Å². The van der Waals surface area contributed by atoms with Crippen LogP contribution >= 0.6 is 35.3 Å². The number of methoxy groups -OCH3 is 1. The molecular formula is C12H13Cl2NO2S. The Labute approximate surface area is 121 Å². The number of thiophene rings is 1. The van der Waals surface area contributed by atoms with Crippen molar-refractivity contribution in [3.05, 3.63) is 45.1 Å². The Balaban J connectivity index is 0.00000162. The second kappa shape index (κ2) is 6.29. The largest absolute Gasteiger partial charge is 0.506 e. The van der Waals surface area contributed by atoms with Crippen molar-refractivity contribution in [3.63, 3.8) is 0 Å². The number of aromatic hydroxyl groups is 1. The van der Waals surface area contributed by atoms with E-state index in [4.69, 9.17) is 22.1 Å². The summed E-state index contributed by atoms with van der Waals surface area (Å²) in [7, 11) is 1.54. The lowest BCUT2D eigenvalue weighted by Gasteiger charge is -2.16. The monoisotopic (exact) mass is 305 g/mol. The maximum absolute atomic E-state index is 9.99. The zero-order valence-electron chi connectivity index (χ0n) is 9.59. The van der Waals surface area contributed by atoms with Gasteiger partial charge in [-0.1, -0.05) is 17.7 Å². The van der Waals surface area contributed by atoms with E-state index in [1.54, 1.807) is 12.1 Å². The van der Waals surface area contributed by atoms with Crippen molar-refractivity contribution in [3.8, 4) is 11.5 Å². The molecular weight excluding hydrogens is 293 g/mol. The Hall–Kier alpha value is -0.940. The van der Waals surface area contributed by atoms with Crippen LogP contribution < -0.4 is 10.5 Å². The fourth-order valence-electron chi connectivity index (χ4n) is 1.65. The summed E-state index contributed by atoms with van der Waals surface area (Å²) in [6, 6.07) is 6.66. The van der Waals surface area contributed by atoms with Crippen LogP contribution in [-0.2, 0) is 0 Å². The van der Waals surface area contributed by atoms with Gasteiger partial charge in [0.25, 0.3) is 0 Å². The minimum absolute atomic E-state index is 0. The molecule has 0 spiro atoms. The average molecular weight is 306 g/mol. The van der Waals surface area contributed by atoms with E-state index in [1.807, 2.05) is 17.5 Å². The lowest BCUT2D eigenvalue weighted by atomic mass is 10.0. The molecule has 0 amide bonds. The van der Waals surface area contributed by atoms with Crippen LogP contribution in [0.1, 0.15) is 16.5 Å². The van der Waals surface area contributed by atoms with Crippen molar-refractivity contribution in [2.45, 2.75) is 6.04 Å². The Kier molecular flexibility index (Phi) is 5.28. The van der Waals surface area contributed by atoms with Gasteiger partial charge in [0.15, 0.2) is 0 Å². The first-order valence-electron chi connectivity index (χ1n) is 4.99. The number of phenols is 1. The zero-order valence-corrected chi connectivity index (χ0v) is 12.0. The minimum atomic E-state index is -0.441. The van der Waals surface area contributed by atoms with Gasteiger partial charge in [0.05, 0.1) is 23.7 Å². The summed E-state index contributed by atoms with van der Waals surface area (Å²) in [5, 5.41) is 12.2. The molecule has 2 aromatic rings. The summed E-state index contributed by atoms with van der Waals surface area (Å²) >= 11 is 7.42. The van der Waals surface area contributed by atoms with Crippen molar-refractivity contribution in [2.75, 3.05) is 7.11 Å². The zero-order chi connectivity index (χ0) is 12.4. The molecule has 0 radical (unpaired) electrons. The van der Waals surface area contributed by atoms with Crippen LogP contribution in [0.4, 0.5) is 0 Å². The molecule has 0 aliphatic heterocycles. The molecule has 98 valence electrons. The van der Waals surface area contributed by atoms with Crippen LogP contribution in [0.25, 0.3) is 0 Å². The maximum Gasteiger partial charge on any atom is 0.143 e. The van der Waals surface area contributed by atoms with Crippen molar-refractivity contribution < 1.29 is 9.84 Å². The lowest BCUT2D eigenvalue weighted by molar-refractivity contribution is 0.397. The number of ether oxygens (including phenoxy) is 1. The number of phenolic OH excluding ortho intramolecular Hbond substituents is 1. The van der Waals surface area contributed by atoms with Crippen molar-refractivity contribution >= 4 is 35.3 Å². The fourth-order valence-corrected chi connectivity index (χ4v) is 2.55. The first-order valence-corrected chi connectivity index (χ1v) is 6.25. The Morgan fingerprint density at radius 2 is 2.11 bits per heavy atom. The van der Waals surface area contributed by atoms with E-state index < -0.39 is 6.04 Å². The third kappa shape index (κ3) is 2.72. The quantitative estimate of drug-likeness (QED) is 0.911. The summed E-state index contributed by atoms with van der Waals surface area (Å²) < 4.78 is 5.21. The number of nitrogens with two attached hydrogens (primary N) is 1. The summed E-state index contributed by atoms with van der Waals surface area (Å²) in [5.74, 6) is 0.514. The summed E-state index contributed by atoms with van der Waals surface area (Å²) in [5.41, 5.74) is 6.63. The van der Waals surface area contributed by atoms with Crippen LogP contribution in [-0.4, -0.2) is 12.2 Å². The highest BCUT2D eigenvalue weighted by Crippen LogP contribution is 2.40. The molecule has 2 rings (SSSR count). The van der Waals surface area contributed by atoms with Gasteiger partial charge in [-0.25, -0.2) is 0 Å². The molecule has 1 aromatic carbocycles. The second-order valence-corrected chi connectivity index (χ2v) is 4.89. The molecule has 0 fully saturated rings. The highest BCUT2D eigenvalue weighted by Gasteiger charge is 2.21. The van der Waals surface area contributed by atoms with E-state index in [2.05, 4.69) is 0 Å². The van der Waals surface area contributed by atoms with Crippen molar-refractivity contribution in [2.24, 2.45) is 5.73 Å². The topological polar surface area (TPSA) is 55.5 Å². The van der Waals surface area contributed by atoms with Gasteiger partial charge < -0.3 is 15.6 Å². The molecule has 18 heavy (non-hydrogen) atoms. The van der Waals surface area contributed by atoms with Crippen LogP contribution in [0.15, 0.2) is 29.6 Å². The standard InChI is InChI=1S/C12H12ClNO2S.ClH/c1-16-8-5-4-7(13)12(15)10(8)11(14)9-3-2-6-17-9;/h2-6,11,15H,14H2,1H3;1H/t11-;/m0./s1. The molecule has 0 bridgehead atoms. The Morgan fingerprint density at radius 1 is 1.39 bits per heavy atom. The fraction of sp³-hybridized carbons (Fsp3) is 0.167. The van der Waals surface area contributed by atoms with Gasteiger partial charge >= 0.3 is 0 Å². The van der Waals surface area contributed by atoms with Crippen molar-refractivity contribution in [1.82, 2.24) is 0 Å². The molecule has 1 heterocycles. The van der Waals surface area contributed by atoms with Crippen LogP contribution in [0.3, 0.4) is 0 Å². The third-order valence-electron chi connectivity index (χ3n) is 2.51. The Morgan fingerprint density at radius 3 is 2.67 bits per heavy atom. The molecule has 1 atom stereocenters. The minimum Gasteiger partial charge on any atom is -0.506 e. The predicted octanol–water partition coefficient (Wildman–Crippen LogP) is 3.59. The molecule has 0 saturated carbocycles. The molecule has 3 N–H and O–H groups in total. The lowest BCUT2D eigenvalue weighted by Crippen LogP contribution is -2.12. The highest BCUT2D eigenvalue weighted by atomic mass is 35.5. The number of hydrogen-bond acceptors (Lipinski definition) is 4. The number of rotatable bonds is 3. The molecule has 0 saturated heterocycles. The van der Waals surface area contributed by atoms with Gasteiger partial charge in [-0.2, -0.15) is 0 Å². The number of halogens is 2. The normalized spacial score (nSPS) is 11.7. The first-order chi connectivity index (χ1) is 8.15. The van der Waals surface area contributed by atoms with E-state index in [-0.39, 0.29) is 23.2 Å². The summed E-state index contributed by atoms with van der Waals surface area (Å²) in [6.45, 7) is 0. The van der Waals surface area contributed by atoms with E-state index in [0.717, 1.165) is 4.88 Å². The number of benzene rings is 1. The van der Waals surface area contributed by atoms with Gasteiger partial charge in [-0.05, 0) is 23.6 Å². The first kappa shape index (κ1) is 15.1. The summed E-state index contributed by atoms with van der Waals surface area (Å²) in [4.78, 5) is 0.945. The SMILES string of the molecule is COc1ccc(Cl)c(O)c1[C@@H](N)c1cccs1.Cl. The number of hydrogen-bond donors (Lipinski definition) is 2. The Bertz CT molecular complexity index is 517. The molecule has 0 aliphatic carbocycles. The van der Waals surface area contributed by atoms with Crippen LogP contribution in [0.2, 0.25) is 5.02 Å². The highest BCUT2D eigenvalue weighted by molar-refractivity contribution is 7.10. The van der Waals surface area contributed by atoms with E-state index in [1.165, 1.54) is 18.4 Å². The molecule has 3 nitrogen and oxygen atoms in total. The van der Waals surface area contributed by atoms with E-state index in [9.17, 15) is 5.11 Å². The van der Waals surface area contributed by atoms with Gasteiger partial charge in [0.1, 0.15) is 11.5 Å². The molecule has 1 aromatic heterocycles. The maximum atomic E-state index is 9.99. The molecule has 6 heteroatoms.